The number of hydrogen-bond acceptors (Lipinski definition) is 8. The van der Waals surface area contributed by atoms with Crippen molar-refractivity contribution in [1.29, 1.82) is 0 Å². The molecule has 0 spiro atoms. The van der Waals surface area contributed by atoms with E-state index in [9.17, 15) is 9.59 Å². The molecule has 3 aromatic heterocycles. The van der Waals surface area contributed by atoms with Crippen molar-refractivity contribution >= 4 is 5.97 Å². The fraction of sp³-hybridized carbons (Fsp3) is 0.125. The predicted octanol–water partition coefficient (Wildman–Crippen LogP) is 3.84. The van der Waals surface area contributed by atoms with Gasteiger partial charge in [-0.25, -0.2) is 9.59 Å². The molecule has 10 heteroatoms. The maximum absolute atomic E-state index is 12.5. The number of carbonyl (C=O) groups is 1. The summed E-state index contributed by atoms with van der Waals surface area (Å²) in [7, 11) is 0. The smallest absolute Gasteiger partial charge is 0.338 e. The topological polar surface area (TPSA) is 129 Å². The Morgan fingerprint density at radius 2 is 1.82 bits per heavy atom. The van der Waals surface area contributed by atoms with E-state index >= 15 is 0 Å². The van der Waals surface area contributed by atoms with E-state index in [-0.39, 0.29) is 24.1 Å². The van der Waals surface area contributed by atoms with Crippen LogP contribution in [0.4, 0.5) is 0 Å². The molecule has 5 rings (SSSR count). The van der Waals surface area contributed by atoms with Gasteiger partial charge in [0.05, 0.1) is 11.3 Å². The van der Waals surface area contributed by atoms with Gasteiger partial charge in [-0.1, -0.05) is 35.5 Å². The summed E-state index contributed by atoms with van der Waals surface area (Å²) in [6.07, 6.45) is 1.62. The Morgan fingerprint density at radius 3 is 2.53 bits per heavy atom. The van der Waals surface area contributed by atoms with Crippen LogP contribution in [-0.2, 0) is 11.3 Å². The van der Waals surface area contributed by atoms with Gasteiger partial charge in [-0.15, -0.1) is 10.2 Å². The Bertz CT molecular complexity index is 1510. The highest BCUT2D eigenvalue weighted by atomic mass is 16.5. The van der Waals surface area contributed by atoms with Crippen LogP contribution in [0, 0.1) is 13.8 Å². The predicted molar refractivity (Wildman–Crippen MR) is 120 cm³/mol. The molecule has 0 radical (unpaired) electrons. The number of aryl methyl sites for hydroxylation is 2. The van der Waals surface area contributed by atoms with E-state index in [2.05, 4.69) is 20.3 Å². The maximum Gasteiger partial charge on any atom is 0.338 e. The molecule has 0 saturated heterocycles. The summed E-state index contributed by atoms with van der Waals surface area (Å²) >= 11 is 0. The number of carbonyl (C=O) groups excluding carboxylic acids is 1. The second kappa shape index (κ2) is 8.66. The van der Waals surface area contributed by atoms with E-state index < -0.39 is 5.97 Å². The number of ether oxygens (including phenoxy) is 1. The highest BCUT2D eigenvalue weighted by Gasteiger charge is 2.22. The lowest BCUT2D eigenvalue weighted by atomic mass is 10.1. The molecule has 170 valence electrons. The van der Waals surface area contributed by atoms with Gasteiger partial charge >= 0.3 is 11.7 Å². The third kappa shape index (κ3) is 3.92. The molecule has 34 heavy (non-hydrogen) atoms. The number of aromatic amines is 1. The minimum Gasteiger partial charge on any atom is -0.452 e. The van der Waals surface area contributed by atoms with Crippen LogP contribution in [-0.4, -0.2) is 30.9 Å². The number of nitrogens with zero attached hydrogens (tertiary/aromatic N) is 4. The highest BCUT2D eigenvalue weighted by molar-refractivity contribution is 5.89. The molecular weight excluding hydrogens is 438 g/mol. The summed E-state index contributed by atoms with van der Waals surface area (Å²) < 4.78 is 17.9. The average Bonchev–Trinajstić information content (AvgIpc) is 3.56. The van der Waals surface area contributed by atoms with Crippen molar-refractivity contribution in [1.82, 2.24) is 24.9 Å². The van der Waals surface area contributed by atoms with Crippen molar-refractivity contribution in [3.05, 3.63) is 94.2 Å². The molecule has 5 aromatic rings. The number of hydrogen-bond donors (Lipinski definition) is 1. The van der Waals surface area contributed by atoms with Crippen molar-refractivity contribution < 1.29 is 18.5 Å². The lowest BCUT2D eigenvalue weighted by Crippen LogP contribution is -2.16. The summed E-state index contributed by atoms with van der Waals surface area (Å²) in [5.41, 5.74) is 3.49. The standard InChI is InChI=1S/C24H19N5O5/c1-14-12-25-24(31)29(14)18-10-8-17(9-11-18)23(30)32-13-19-26-27-22(33-19)20-15(2)34-28-21(20)16-6-4-3-5-7-16/h3-12H,13H2,1-2H3,(H,25,31). The number of benzene rings is 2. The molecule has 0 bridgehead atoms. The van der Waals surface area contributed by atoms with Crippen molar-refractivity contribution in [2.24, 2.45) is 0 Å². The summed E-state index contributed by atoms with van der Waals surface area (Å²) in [5, 5.41) is 12.2. The minimum atomic E-state index is -0.560. The first-order chi connectivity index (χ1) is 16.5. The lowest BCUT2D eigenvalue weighted by Gasteiger charge is -2.06. The number of aromatic nitrogens is 5. The summed E-state index contributed by atoms with van der Waals surface area (Å²) in [6.45, 7) is 3.36. The Balaban J connectivity index is 1.29. The zero-order valence-corrected chi connectivity index (χ0v) is 18.3. The molecule has 3 heterocycles. The SMILES string of the molecule is Cc1onc(-c2ccccc2)c1-c1nnc(COC(=O)c2ccc(-n3c(C)c[nH]c3=O)cc2)o1. The van der Waals surface area contributed by atoms with E-state index in [1.54, 1.807) is 37.4 Å². The fourth-order valence-corrected chi connectivity index (χ4v) is 3.56. The van der Waals surface area contributed by atoms with Gasteiger partial charge < -0.3 is 18.7 Å². The Hall–Kier alpha value is -4.73. The summed E-state index contributed by atoms with van der Waals surface area (Å²) in [4.78, 5) is 27.0. The first-order valence-corrected chi connectivity index (χ1v) is 10.4. The average molecular weight is 457 g/mol. The number of nitrogens with one attached hydrogen (secondary N) is 1. The van der Waals surface area contributed by atoms with Crippen LogP contribution in [0.5, 0.6) is 0 Å². The molecule has 2 aromatic carbocycles. The third-order valence-corrected chi connectivity index (χ3v) is 5.24. The van der Waals surface area contributed by atoms with Crippen LogP contribution < -0.4 is 5.69 Å². The van der Waals surface area contributed by atoms with Gasteiger partial charge in [0.25, 0.3) is 11.8 Å². The van der Waals surface area contributed by atoms with Gasteiger partial charge in [-0.05, 0) is 38.1 Å². The number of rotatable bonds is 6. The third-order valence-electron chi connectivity index (χ3n) is 5.24. The molecule has 0 aliphatic carbocycles. The van der Waals surface area contributed by atoms with E-state index in [0.29, 0.717) is 28.3 Å². The summed E-state index contributed by atoms with van der Waals surface area (Å²) in [5.74, 6) is 0.327. The normalized spacial score (nSPS) is 11.0. The summed E-state index contributed by atoms with van der Waals surface area (Å²) in [6, 6.07) is 16.0. The highest BCUT2D eigenvalue weighted by Crippen LogP contribution is 2.33. The second-order valence-corrected chi connectivity index (χ2v) is 7.52. The number of imidazole rings is 1. The monoisotopic (exact) mass is 457 g/mol. The van der Waals surface area contributed by atoms with E-state index in [4.69, 9.17) is 13.7 Å². The van der Waals surface area contributed by atoms with Gasteiger partial charge in [-0.3, -0.25) is 4.57 Å². The Morgan fingerprint density at radius 1 is 1.06 bits per heavy atom. The quantitative estimate of drug-likeness (QED) is 0.381. The van der Waals surface area contributed by atoms with Crippen LogP contribution in [0.3, 0.4) is 0 Å². The van der Waals surface area contributed by atoms with Gasteiger partial charge in [0, 0.05) is 17.5 Å². The van der Waals surface area contributed by atoms with Crippen molar-refractivity contribution in [3.8, 4) is 28.4 Å². The van der Waals surface area contributed by atoms with Gasteiger partial charge in [0.15, 0.2) is 6.61 Å². The molecule has 0 aliphatic rings. The van der Waals surface area contributed by atoms with E-state index in [0.717, 1.165) is 11.3 Å². The number of H-pyrrole nitrogens is 1. The van der Waals surface area contributed by atoms with E-state index in [1.165, 1.54) is 4.57 Å². The van der Waals surface area contributed by atoms with E-state index in [1.807, 2.05) is 37.3 Å². The first-order valence-electron chi connectivity index (χ1n) is 10.4. The molecule has 1 N–H and O–H groups in total. The van der Waals surface area contributed by atoms with Gasteiger partial charge in [0.2, 0.25) is 0 Å². The second-order valence-electron chi connectivity index (χ2n) is 7.52. The van der Waals surface area contributed by atoms with Crippen molar-refractivity contribution in [2.75, 3.05) is 0 Å². The van der Waals surface area contributed by atoms with Crippen LogP contribution >= 0.6 is 0 Å². The van der Waals surface area contributed by atoms with Crippen LogP contribution in [0.25, 0.3) is 28.4 Å². The molecule has 0 aliphatic heterocycles. The van der Waals surface area contributed by atoms with Gasteiger partial charge in [-0.2, -0.15) is 0 Å². The lowest BCUT2D eigenvalue weighted by molar-refractivity contribution is 0.0438. The van der Waals surface area contributed by atoms with Crippen molar-refractivity contribution in [2.45, 2.75) is 20.5 Å². The molecule has 0 amide bonds. The molecule has 0 fully saturated rings. The molecule has 10 nitrogen and oxygen atoms in total. The van der Waals surface area contributed by atoms with Crippen molar-refractivity contribution in [3.63, 3.8) is 0 Å². The molecule has 0 atom stereocenters. The maximum atomic E-state index is 12.5. The number of esters is 1. The fourth-order valence-electron chi connectivity index (χ4n) is 3.56. The molecule has 0 saturated carbocycles. The molecular formula is C24H19N5O5. The van der Waals surface area contributed by atoms with Crippen LogP contribution in [0.1, 0.15) is 27.7 Å². The largest absolute Gasteiger partial charge is 0.452 e. The van der Waals surface area contributed by atoms with Gasteiger partial charge in [0.1, 0.15) is 17.0 Å². The first kappa shape index (κ1) is 21.1. The Labute approximate surface area is 192 Å². The zero-order valence-electron chi connectivity index (χ0n) is 18.3. The zero-order chi connectivity index (χ0) is 23.7. The Kier molecular flexibility index (Phi) is 5.38. The molecule has 0 unspecified atom stereocenters. The minimum absolute atomic E-state index is 0.133. The van der Waals surface area contributed by atoms with Crippen LogP contribution in [0.2, 0.25) is 0 Å². The van der Waals surface area contributed by atoms with Crippen LogP contribution in [0.15, 0.2) is 74.5 Å².